The topological polar surface area (TPSA) is 39.3 Å². The molecule has 0 amide bonds. The predicted octanol–water partition coefficient (Wildman–Crippen LogP) is 5.33. The van der Waals surface area contributed by atoms with Crippen LogP contribution in [0.25, 0.3) is 10.9 Å². The summed E-state index contributed by atoms with van der Waals surface area (Å²) in [6, 6.07) is 5.65. The molecule has 2 aromatic rings. The Morgan fingerprint density at radius 3 is 2.58 bits per heavy atom. The molecule has 1 saturated carbocycles. The zero-order valence-corrected chi connectivity index (χ0v) is 15.7. The van der Waals surface area contributed by atoms with Gasteiger partial charge < -0.3 is 15.0 Å². The summed E-state index contributed by atoms with van der Waals surface area (Å²) in [4.78, 5) is 6.12. The minimum Gasteiger partial charge on any atom is -0.508 e. The number of phenols is 1. The van der Waals surface area contributed by atoms with Crippen LogP contribution in [0.4, 0.5) is 0 Å². The van der Waals surface area contributed by atoms with Crippen LogP contribution in [0.2, 0.25) is 0 Å². The Kier molecular flexibility index (Phi) is 4.91. The highest BCUT2D eigenvalue weighted by atomic mass is 16.3. The van der Waals surface area contributed by atoms with E-state index in [0.29, 0.717) is 17.2 Å². The van der Waals surface area contributed by atoms with E-state index in [-0.39, 0.29) is 0 Å². The van der Waals surface area contributed by atoms with Gasteiger partial charge in [0.25, 0.3) is 0 Å². The lowest BCUT2D eigenvalue weighted by atomic mass is 9.72. The van der Waals surface area contributed by atoms with Gasteiger partial charge in [-0.1, -0.05) is 19.8 Å². The molecule has 1 fully saturated rings. The lowest BCUT2D eigenvalue weighted by Crippen LogP contribution is -2.46. The maximum Gasteiger partial charge on any atom is 0.116 e. The van der Waals surface area contributed by atoms with E-state index in [4.69, 9.17) is 0 Å². The molecule has 0 bridgehead atoms. The van der Waals surface area contributed by atoms with Crippen molar-refractivity contribution in [3.8, 4) is 5.75 Å². The number of H-pyrrole nitrogens is 1. The Balaban J connectivity index is 1.80. The SMILES string of the molecule is CCCCC1(N(C)C)CCC(c2[nH]c3ccc(O)cc3c2C)CC1. The van der Waals surface area contributed by atoms with Gasteiger partial charge in [-0.3, -0.25) is 0 Å². The van der Waals surface area contributed by atoms with Gasteiger partial charge in [0.1, 0.15) is 5.75 Å². The molecular formula is C21H32N2O. The number of unbranched alkanes of at least 4 members (excludes halogenated alkanes) is 1. The predicted molar refractivity (Wildman–Crippen MR) is 102 cm³/mol. The van der Waals surface area contributed by atoms with Crippen molar-refractivity contribution in [1.82, 2.24) is 9.88 Å². The van der Waals surface area contributed by atoms with Gasteiger partial charge in [0.05, 0.1) is 0 Å². The molecule has 0 spiro atoms. The highest BCUT2D eigenvalue weighted by Crippen LogP contribution is 2.44. The highest BCUT2D eigenvalue weighted by molar-refractivity contribution is 5.85. The van der Waals surface area contributed by atoms with Crippen LogP contribution in [-0.2, 0) is 0 Å². The Labute approximate surface area is 146 Å². The van der Waals surface area contributed by atoms with E-state index < -0.39 is 0 Å². The van der Waals surface area contributed by atoms with Crippen LogP contribution in [0.1, 0.15) is 69.0 Å². The second kappa shape index (κ2) is 6.79. The summed E-state index contributed by atoms with van der Waals surface area (Å²) in [6.45, 7) is 4.48. The molecule has 0 atom stereocenters. The quantitative estimate of drug-likeness (QED) is 0.778. The van der Waals surface area contributed by atoms with Crippen molar-refractivity contribution in [2.24, 2.45) is 0 Å². The van der Waals surface area contributed by atoms with E-state index in [1.807, 2.05) is 12.1 Å². The molecule has 1 aliphatic carbocycles. The third-order valence-corrected chi connectivity index (χ3v) is 6.35. The molecule has 24 heavy (non-hydrogen) atoms. The van der Waals surface area contributed by atoms with Gasteiger partial charge in [0.15, 0.2) is 0 Å². The molecular weight excluding hydrogens is 296 g/mol. The second-order valence-electron chi connectivity index (χ2n) is 7.89. The number of benzene rings is 1. The average molecular weight is 329 g/mol. The number of aromatic amines is 1. The van der Waals surface area contributed by atoms with E-state index in [1.165, 1.54) is 61.6 Å². The number of hydrogen-bond acceptors (Lipinski definition) is 2. The summed E-state index contributed by atoms with van der Waals surface area (Å²) >= 11 is 0. The van der Waals surface area contributed by atoms with E-state index >= 15 is 0 Å². The first-order valence-electron chi connectivity index (χ1n) is 9.45. The highest BCUT2D eigenvalue weighted by Gasteiger charge is 2.37. The number of nitrogens with zero attached hydrogens (tertiary/aromatic N) is 1. The minimum atomic E-state index is 0.353. The van der Waals surface area contributed by atoms with Crippen molar-refractivity contribution in [1.29, 1.82) is 0 Å². The van der Waals surface area contributed by atoms with Crippen molar-refractivity contribution in [2.75, 3.05) is 14.1 Å². The molecule has 1 aromatic carbocycles. The fourth-order valence-corrected chi connectivity index (χ4v) is 4.61. The first-order valence-corrected chi connectivity index (χ1v) is 9.45. The van der Waals surface area contributed by atoms with Crippen LogP contribution in [0, 0.1) is 6.92 Å². The Hall–Kier alpha value is -1.48. The lowest BCUT2D eigenvalue weighted by Gasteiger charge is -2.45. The largest absolute Gasteiger partial charge is 0.508 e. The normalized spacial score (nSPS) is 24.8. The average Bonchev–Trinajstić information content (AvgIpc) is 2.90. The molecule has 0 aliphatic heterocycles. The number of hydrogen-bond donors (Lipinski definition) is 2. The van der Waals surface area contributed by atoms with Crippen molar-refractivity contribution >= 4 is 10.9 Å². The molecule has 0 unspecified atom stereocenters. The molecule has 132 valence electrons. The van der Waals surface area contributed by atoms with Crippen molar-refractivity contribution < 1.29 is 5.11 Å². The number of aromatic hydroxyl groups is 1. The van der Waals surface area contributed by atoms with Crippen molar-refractivity contribution in [3.05, 3.63) is 29.5 Å². The Morgan fingerprint density at radius 1 is 1.25 bits per heavy atom. The van der Waals surface area contributed by atoms with Gasteiger partial charge in [-0.25, -0.2) is 0 Å². The molecule has 2 N–H and O–H groups in total. The maximum atomic E-state index is 9.77. The Bertz CT molecular complexity index is 693. The summed E-state index contributed by atoms with van der Waals surface area (Å²) in [5.74, 6) is 0.972. The standard InChI is InChI=1S/C21H32N2O/c1-5-6-11-21(23(3)4)12-9-16(10-13-21)20-15(2)18-14-17(24)7-8-19(18)22-20/h7-8,14,16,22,24H,5-6,9-13H2,1-4H3. The van der Waals surface area contributed by atoms with Crippen molar-refractivity contribution in [3.63, 3.8) is 0 Å². The number of phenolic OH excluding ortho intramolecular Hbond substituents is 1. The number of nitrogens with one attached hydrogen (secondary N) is 1. The van der Waals surface area contributed by atoms with Crippen molar-refractivity contribution in [2.45, 2.75) is 70.3 Å². The van der Waals surface area contributed by atoms with Gasteiger partial charge in [-0.15, -0.1) is 0 Å². The summed E-state index contributed by atoms with van der Waals surface area (Å²) in [5.41, 5.74) is 4.25. The molecule has 0 saturated heterocycles. The first-order chi connectivity index (χ1) is 11.5. The zero-order chi connectivity index (χ0) is 17.3. The second-order valence-corrected chi connectivity index (χ2v) is 7.89. The third-order valence-electron chi connectivity index (χ3n) is 6.35. The van der Waals surface area contributed by atoms with Crippen LogP contribution in [0.5, 0.6) is 5.75 Å². The fraction of sp³-hybridized carbons (Fsp3) is 0.619. The number of aromatic nitrogens is 1. The summed E-state index contributed by atoms with van der Waals surface area (Å²) in [6.07, 6.45) is 9.00. The summed E-state index contributed by atoms with van der Waals surface area (Å²) in [5, 5.41) is 10.9. The maximum absolute atomic E-state index is 9.77. The molecule has 1 heterocycles. The molecule has 1 aliphatic rings. The number of fused-ring (bicyclic) bond motifs is 1. The van der Waals surface area contributed by atoms with Crippen LogP contribution >= 0.6 is 0 Å². The van der Waals surface area contributed by atoms with Gasteiger partial charge in [-0.2, -0.15) is 0 Å². The van der Waals surface area contributed by atoms with E-state index in [1.54, 1.807) is 6.07 Å². The third kappa shape index (κ3) is 3.06. The summed E-state index contributed by atoms with van der Waals surface area (Å²) < 4.78 is 0. The minimum absolute atomic E-state index is 0.353. The smallest absolute Gasteiger partial charge is 0.116 e. The Morgan fingerprint density at radius 2 is 1.96 bits per heavy atom. The molecule has 3 nitrogen and oxygen atoms in total. The summed E-state index contributed by atoms with van der Waals surface area (Å²) in [7, 11) is 4.51. The van der Waals surface area contributed by atoms with Crippen LogP contribution in [0.3, 0.4) is 0 Å². The zero-order valence-electron chi connectivity index (χ0n) is 15.7. The van der Waals surface area contributed by atoms with Gasteiger partial charge >= 0.3 is 0 Å². The molecule has 1 aromatic heterocycles. The molecule has 3 heteroatoms. The first kappa shape index (κ1) is 17.3. The van der Waals surface area contributed by atoms with Gasteiger partial charge in [-0.05, 0) is 82.8 Å². The van der Waals surface area contributed by atoms with E-state index in [2.05, 4.69) is 37.8 Å². The number of rotatable bonds is 5. The molecule has 3 rings (SSSR count). The monoisotopic (exact) mass is 328 g/mol. The van der Waals surface area contributed by atoms with E-state index in [9.17, 15) is 5.11 Å². The van der Waals surface area contributed by atoms with Crippen LogP contribution in [0.15, 0.2) is 18.2 Å². The van der Waals surface area contributed by atoms with E-state index in [0.717, 1.165) is 5.52 Å². The molecule has 0 radical (unpaired) electrons. The van der Waals surface area contributed by atoms with Crippen LogP contribution in [-0.4, -0.2) is 34.6 Å². The van der Waals surface area contributed by atoms with Gasteiger partial charge in [0, 0.05) is 22.1 Å². The number of aryl methyl sites for hydroxylation is 1. The fourth-order valence-electron chi connectivity index (χ4n) is 4.61. The van der Waals surface area contributed by atoms with Gasteiger partial charge in [0.2, 0.25) is 0 Å². The van der Waals surface area contributed by atoms with Crippen LogP contribution < -0.4 is 0 Å². The lowest BCUT2D eigenvalue weighted by molar-refractivity contribution is 0.0802.